The molecule has 1 fully saturated rings. The van der Waals surface area contributed by atoms with Crippen LogP contribution in [0, 0.1) is 17.0 Å². The van der Waals surface area contributed by atoms with Gasteiger partial charge >= 0.3 is 0 Å². The molecule has 0 amide bonds. The second-order valence-corrected chi connectivity index (χ2v) is 4.86. The van der Waals surface area contributed by atoms with Gasteiger partial charge in [-0.3, -0.25) is 10.1 Å². The molecule has 0 bridgehead atoms. The Bertz CT molecular complexity index is 448. The zero-order chi connectivity index (χ0) is 13.1. The molecule has 1 aromatic rings. The first-order valence-electron chi connectivity index (χ1n) is 6.27. The number of hydrogen-bond acceptors (Lipinski definition) is 4. The number of nitrogens with zero attached hydrogens (tertiary/aromatic N) is 1. The third-order valence-electron chi connectivity index (χ3n) is 3.49. The molecule has 0 saturated heterocycles. The molecule has 0 aliphatic heterocycles. The van der Waals surface area contributed by atoms with E-state index in [0.29, 0.717) is 0 Å². The van der Waals surface area contributed by atoms with Crippen LogP contribution in [0.2, 0.25) is 0 Å². The number of anilines is 1. The van der Waals surface area contributed by atoms with Gasteiger partial charge in [0.25, 0.3) is 5.69 Å². The summed E-state index contributed by atoms with van der Waals surface area (Å²) < 4.78 is 0. The first-order valence-corrected chi connectivity index (χ1v) is 6.27. The van der Waals surface area contributed by atoms with Crippen molar-refractivity contribution in [2.75, 3.05) is 5.32 Å². The molecule has 5 heteroatoms. The summed E-state index contributed by atoms with van der Waals surface area (Å²) in [6.07, 6.45) is 3.62. The Hall–Kier alpha value is -1.62. The predicted molar refractivity (Wildman–Crippen MR) is 69.7 cm³/mol. The van der Waals surface area contributed by atoms with Crippen molar-refractivity contribution in [1.82, 2.24) is 0 Å². The number of aliphatic hydroxyl groups is 1. The number of nitro groups is 1. The highest BCUT2D eigenvalue weighted by Crippen LogP contribution is 2.26. The number of nitro benzene ring substituents is 1. The number of nitrogens with one attached hydrogen (secondary N) is 1. The van der Waals surface area contributed by atoms with Crippen LogP contribution in [0.15, 0.2) is 18.2 Å². The Balaban J connectivity index is 2.11. The van der Waals surface area contributed by atoms with E-state index in [1.54, 1.807) is 12.1 Å². The highest BCUT2D eigenvalue weighted by Gasteiger charge is 2.23. The molecule has 5 nitrogen and oxygen atoms in total. The molecule has 2 rings (SSSR count). The molecule has 98 valence electrons. The van der Waals surface area contributed by atoms with Gasteiger partial charge in [-0.2, -0.15) is 0 Å². The molecule has 1 aromatic carbocycles. The van der Waals surface area contributed by atoms with Gasteiger partial charge in [0, 0.05) is 17.8 Å². The Labute approximate surface area is 106 Å². The maximum atomic E-state index is 10.7. The fourth-order valence-corrected chi connectivity index (χ4v) is 2.40. The summed E-state index contributed by atoms with van der Waals surface area (Å²) in [4.78, 5) is 10.3. The molecule has 1 saturated carbocycles. The second-order valence-electron chi connectivity index (χ2n) is 4.86. The molecule has 0 aromatic heterocycles. The lowest BCUT2D eigenvalue weighted by Crippen LogP contribution is -2.36. The van der Waals surface area contributed by atoms with Gasteiger partial charge in [-0.1, -0.05) is 12.8 Å². The molecule has 2 N–H and O–H groups in total. The maximum absolute atomic E-state index is 10.7. The lowest BCUT2D eigenvalue weighted by Gasteiger charge is -2.29. The van der Waals surface area contributed by atoms with Crippen LogP contribution in [0.5, 0.6) is 0 Å². The van der Waals surface area contributed by atoms with E-state index in [1.165, 1.54) is 6.07 Å². The molecule has 1 aliphatic carbocycles. The molecule has 2 atom stereocenters. The Morgan fingerprint density at radius 3 is 2.72 bits per heavy atom. The Kier molecular flexibility index (Phi) is 3.81. The summed E-state index contributed by atoms with van der Waals surface area (Å²) in [5, 5.41) is 23.8. The number of aryl methyl sites for hydroxylation is 1. The molecule has 2 unspecified atom stereocenters. The molecule has 0 spiro atoms. The van der Waals surface area contributed by atoms with Crippen LogP contribution in [0.4, 0.5) is 11.4 Å². The Morgan fingerprint density at radius 2 is 2.11 bits per heavy atom. The summed E-state index contributed by atoms with van der Waals surface area (Å²) in [5.41, 5.74) is 1.80. The van der Waals surface area contributed by atoms with E-state index in [4.69, 9.17) is 0 Å². The molecule has 18 heavy (non-hydrogen) atoms. The second kappa shape index (κ2) is 5.35. The van der Waals surface area contributed by atoms with Crippen molar-refractivity contribution in [3.63, 3.8) is 0 Å². The van der Waals surface area contributed by atoms with E-state index in [2.05, 4.69) is 5.32 Å². The molecular formula is C13H18N2O3. The van der Waals surface area contributed by atoms with Crippen LogP contribution in [-0.2, 0) is 0 Å². The average molecular weight is 250 g/mol. The van der Waals surface area contributed by atoms with Crippen molar-refractivity contribution in [2.45, 2.75) is 44.8 Å². The molecule has 0 heterocycles. The van der Waals surface area contributed by atoms with E-state index in [1.807, 2.05) is 6.92 Å². The van der Waals surface area contributed by atoms with Crippen molar-refractivity contribution >= 4 is 11.4 Å². The fourth-order valence-electron chi connectivity index (χ4n) is 2.40. The SMILES string of the molecule is Cc1cc([N+](=O)[O-])ccc1NC1CCCCC1O. The third-order valence-corrected chi connectivity index (χ3v) is 3.49. The van der Waals surface area contributed by atoms with Gasteiger partial charge in [-0.05, 0) is 31.4 Å². The van der Waals surface area contributed by atoms with E-state index >= 15 is 0 Å². The molecule has 0 radical (unpaired) electrons. The zero-order valence-corrected chi connectivity index (χ0v) is 10.4. The van der Waals surface area contributed by atoms with Crippen LogP contribution in [0.25, 0.3) is 0 Å². The number of rotatable bonds is 3. The number of hydrogen-bond donors (Lipinski definition) is 2. The van der Waals surface area contributed by atoms with E-state index < -0.39 is 4.92 Å². The van der Waals surface area contributed by atoms with Crippen molar-refractivity contribution < 1.29 is 10.0 Å². The van der Waals surface area contributed by atoms with Gasteiger partial charge in [0.15, 0.2) is 0 Å². The quantitative estimate of drug-likeness (QED) is 0.638. The minimum atomic E-state index is -0.397. The largest absolute Gasteiger partial charge is 0.391 e. The molecule has 1 aliphatic rings. The van der Waals surface area contributed by atoms with Crippen molar-refractivity contribution in [3.8, 4) is 0 Å². The van der Waals surface area contributed by atoms with Gasteiger partial charge in [-0.15, -0.1) is 0 Å². The third kappa shape index (κ3) is 2.79. The van der Waals surface area contributed by atoms with Crippen LogP contribution >= 0.6 is 0 Å². The van der Waals surface area contributed by atoms with Gasteiger partial charge in [0.1, 0.15) is 0 Å². The monoisotopic (exact) mass is 250 g/mol. The lowest BCUT2D eigenvalue weighted by molar-refractivity contribution is -0.384. The van der Waals surface area contributed by atoms with Crippen molar-refractivity contribution in [2.24, 2.45) is 0 Å². The van der Waals surface area contributed by atoms with E-state index in [9.17, 15) is 15.2 Å². The summed E-state index contributed by atoms with van der Waals surface area (Å²) in [6, 6.07) is 4.82. The smallest absolute Gasteiger partial charge is 0.269 e. The minimum Gasteiger partial charge on any atom is -0.391 e. The summed E-state index contributed by atoms with van der Waals surface area (Å²) in [6.45, 7) is 1.84. The maximum Gasteiger partial charge on any atom is 0.269 e. The first kappa shape index (κ1) is 12.8. The number of aliphatic hydroxyl groups excluding tert-OH is 1. The summed E-state index contributed by atoms with van der Waals surface area (Å²) >= 11 is 0. The zero-order valence-electron chi connectivity index (χ0n) is 10.4. The first-order chi connectivity index (χ1) is 8.58. The van der Waals surface area contributed by atoms with Crippen LogP contribution in [0.3, 0.4) is 0 Å². The van der Waals surface area contributed by atoms with E-state index in [-0.39, 0.29) is 17.8 Å². The van der Waals surface area contributed by atoms with E-state index in [0.717, 1.165) is 36.9 Å². The molecular weight excluding hydrogens is 232 g/mol. The van der Waals surface area contributed by atoms with Crippen LogP contribution in [-0.4, -0.2) is 22.2 Å². The minimum absolute atomic E-state index is 0.0545. The number of benzene rings is 1. The van der Waals surface area contributed by atoms with Crippen LogP contribution in [0.1, 0.15) is 31.2 Å². The average Bonchev–Trinajstić information content (AvgIpc) is 2.34. The van der Waals surface area contributed by atoms with Crippen molar-refractivity contribution in [1.29, 1.82) is 0 Å². The predicted octanol–water partition coefficient (Wildman–Crippen LogP) is 2.62. The normalized spacial score (nSPS) is 23.7. The Morgan fingerprint density at radius 1 is 1.39 bits per heavy atom. The van der Waals surface area contributed by atoms with Gasteiger partial charge in [0.2, 0.25) is 0 Å². The topological polar surface area (TPSA) is 75.4 Å². The van der Waals surface area contributed by atoms with Gasteiger partial charge in [-0.25, -0.2) is 0 Å². The lowest BCUT2D eigenvalue weighted by atomic mass is 9.92. The fraction of sp³-hybridized carbons (Fsp3) is 0.538. The number of non-ortho nitro benzene ring substituents is 1. The highest BCUT2D eigenvalue weighted by molar-refractivity contribution is 5.56. The van der Waals surface area contributed by atoms with Crippen LogP contribution < -0.4 is 5.32 Å². The highest BCUT2D eigenvalue weighted by atomic mass is 16.6. The van der Waals surface area contributed by atoms with Crippen molar-refractivity contribution in [3.05, 3.63) is 33.9 Å². The van der Waals surface area contributed by atoms with Gasteiger partial charge in [0.05, 0.1) is 17.1 Å². The standard InChI is InChI=1S/C13H18N2O3/c1-9-8-10(15(17)18)6-7-11(9)14-12-4-2-3-5-13(12)16/h6-8,12-14,16H,2-5H2,1H3. The summed E-state index contributed by atoms with van der Waals surface area (Å²) in [7, 11) is 0. The van der Waals surface area contributed by atoms with Gasteiger partial charge < -0.3 is 10.4 Å². The summed E-state index contributed by atoms with van der Waals surface area (Å²) in [5.74, 6) is 0.